The van der Waals surface area contributed by atoms with Crippen molar-refractivity contribution in [2.75, 3.05) is 10.6 Å². The van der Waals surface area contributed by atoms with E-state index in [1.165, 1.54) is 12.1 Å². The number of hydrogen-bond donors (Lipinski definition) is 2. The van der Waals surface area contributed by atoms with Crippen LogP contribution in [0.5, 0.6) is 0 Å². The Hall–Kier alpha value is -2.94. The molecule has 0 spiro atoms. The number of carbonyl (C=O) groups excluding carboxylic acids is 1. The van der Waals surface area contributed by atoms with Crippen molar-refractivity contribution in [3.05, 3.63) is 50.2 Å². The van der Waals surface area contributed by atoms with E-state index in [0.717, 1.165) is 0 Å². The van der Waals surface area contributed by atoms with Crippen LogP contribution in [-0.4, -0.2) is 21.0 Å². The second-order valence-corrected chi connectivity index (χ2v) is 7.83. The molecule has 0 saturated heterocycles. The zero-order chi connectivity index (χ0) is 19.3. The molecule has 1 atom stereocenters. The lowest BCUT2D eigenvalue weighted by Crippen LogP contribution is -2.31. The molecule has 2 heterocycles. The smallest absolute Gasteiger partial charge is 0.276 e. The first-order valence-corrected chi connectivity index (χ1v) is 8.70. The minimum atomic E-state index is -0.849. The molecule has 1 aliphatic heterocycles. The number of halogens is 1. The topological polar surface area (TPSA) is 123 Å². The summed E-state index contributed by atoms with van der Waals surface area (Å²) in [4.78, 5) is 24.1. The molecule has 0 saturated carbocycles. The first-order valence-electron chi connectivity index (χ1n) is 8.32. The highest BCUT2D eigenvalue weighted by molar-refractivity contribution is 6.32. The standard InChI is InChI=1S/C17H16ClN5O4/c1-17(2)6-9-13(11(24)7-17)14(20-16-15(19-9)21-27-22-16)12-8(18)4-3-5-10(12)23(25)26/h3-5,14H,6-7H2,1-2H3,(H,19,21)(H,20,22). The molecule has 1 aromatic carbocycles. The van der Waals surface area contributed by atoms with Crippen LogP contribution in [-0.2, 0) is 4.79 Å². The summed E-state index contributed by atoms with van der Waals surface area (Å²) in [6.07, 6.45) is 0.885. The molecule has 27 heavy (non-hydrogen) atoms. The second kappa shape index (κ2) is 6.05. The average molecular weight is 390 g/mol. The van der Waals surface area contributed by atoms with Gasteiger partial charge in [0.25, 0.3) is 5.69 Å². The van der Waals surface area contributed by atoms with Crippen molar-refractivity contribution in [2.24, 2.45) is 5.41 Å². The third kappa shape index (κ3) is 2.93. The van der Waals surface area contributed by atoms with Gasteiger partial charge in [-0.3, -0.25) is 14.9 Å². The highest BCUT2D eigenvalue weighted by atomic mass is 35.5. The van der Waals surface area contributed by atoms with Crippen molar-refractivity contribution in [3.63, 3.8) is 0 Å². The Balaban J connectivity index is 1.96. The maximum absolute atomic E-state index is 13.0. The Morgan fingerprint density at radius 2 is 2.04 bits per heavy atom. The van der Waals surface area contributed by atoms with Gasteiger partial charge in [-0.1, -0.05) is 31.5 Å². The summed E-state index contributed by atoms with van der Waals surface area (Å²) < 4.78 is 4.77. The van der Waals surface area contributed by atoms with Crippen molar-refractivity contribution < 1.29 is 14.3 Å². The predicted molar refractivity (Wildman–Crippen MR) is 97.4 cm³/mol. The molecule has 1 unspecified atom stereocenters. The van der Waals surface area contributed by atoms with E-state index in [1.807, 2.05) is 13.8 Å². The summed E-state index contributed by atoms with van der Waals surface area (Å²) in [6, 6.07) is 3.57. The van der Waals surface area contributed by atoms with Crippen molar-refractivity contribution in [2.45, 2.75) is 32.7 Å². The molecule has 10 heteroatoms. The Labute approximate surface area is 158 Å². The van der Waals surface area contributed by atoms with Gasteiger partial charge in [-0.05, 0) is 28.2 Å². The third-order valence-corrected chi connectivity index (χ3v) is 5.09. The summed E-state index contributed by atoms with van der Waals surface area (Å²) in [7, 11) is 0. The van der Waals surface area contributed by atoms with Crippen LogP contribution in [0.4, 0.5) is 17.3 Å². The summed E-state index contributed by atoms with van der Waals surface area (Å²) in [5.41, 5.74) is 0.816. The molecule has 4 rings (SSSR count). The van der Waals surface area contributed by atoms with Crippen LogP contribution in [0.15, 0.2) is 34.1 Å². The number of anilines is 2. The second-order valence-electron chi connectivity index (χ2n) is 7.43. The number of hydrogen-bond acceptors (Lipinski definition) is 8. The van der Waals surface area contributed by atoms with E-state index in [1.54, 1.807) is 6.07 Å². The maximum atomic E-state index is 13.0. The van der Waals surface area contributed by atoms with E-state index in [4.69, 9.17) is 16.2 Å². The number of Topliss-reactive ketones (excluding diaryl/α,β-unsaturated/α-hetero) is 1. The quantitative estimate of drug-likeness (QED) is 0.586. The lowest BCUT2D eigenvalue weighted by molar-refractivity contribution is -0.385. The van der Waals surface area contributed by atoms with Crippen LogP contribution in [0.25, 0.3) is 0 Å². The van der Waals surface area contributed by atoms with Crippen molar-refractivity contribution in [3.8, 4) is 0 Å². The highest BCUT2D eigenvalue weighted by Gasteiger charge is 2.42. The molecule has 1 aromatic heterocycles. The predicted octanol–water partition coefficient (Wildman–Crippen LogP) is 3.85. The fourth-order valence-electron chi connectivity index (χ4n) is 3.69. The number of rotatable bonds is 2. The number of fused-ring (bicyclic) bond motifs is 1. The normalized spacial score (nSPS) is 20.9. The Morgan fingerprint density at radius 3 is 2.78 bits per heavy atom. The monoisotopic (exact) mass is 389 g/mol. The van der Waals surface area contributed by atoms with E-state index in [2.05, 4.69) is 20.9 Å². The summed E-state index contributed by atoms with van der Waals surface area (Å²) >= 11 is 6.34. The molecular formula is C17H16ClN5O4. The van der Waals surface area contributed by atoms with Crippen LogP contribution < -0.4 is 10.6 Å². The van der Waals surface area contributed by atoms with E-state index < -0.39 is 11.0 Å². The number of nitrogens with one attached hydrogen (secondary N) is 2. The first-order chi connectivity index (χ1) is 12.8. The number of aromatic nitrogens is 2. The first kappa shape index (κ1) is 17.5. The molecule has 9 nitrogen and oxygen atoms in total. The summed E-state index contributed by atoms with van der Waals surface area (Å²) in [6.45, 7) is 3.98. The zero-order valence-corrected chi connectivity index (χ0v) is 15.3. The fourth-order valence-corrected chi connectivity index (χ4v) is 3.96. The Morgan fingerprint density at radius 1 is 1.30 bits per heavy atom. The lowest BCUT2D eigenvalue weighted by Gasteiger charge is -2.34. The lowest BCUT2D eigenvalue weighted by atomic mass is 9.73. The number of carbonyl (C=O) groups is 1. The summed E-state index contributed by atoms with van der Waals surface area (Å²) in [5.74, 6) is 0.474. The molecule has 1 aliphatic carbocycles. The van der Waals surface area contributed by atoms with Gasteiger partial charge in [-0.2, -0.15) is 0 Å². The number of nitro benzene ring substituents is 1. The van der Waals surface area contributed by atoms with Gasteiger partial charge in [0.05, 0.1) is 21.6 Å². The maximum Gasteiger partial charge on any atom is 0.276 e. The number of ketones is 1. The Bertz CT molecular complexity index is 997. The van der Waals surface area contributed by atoms with E-state index in [0.29, 0.717) is 29.9 Å². The van der Waals surface area contributed by atoms with Gasteiger partial charge in [0.2, 0.25) is 11.6 Å². The molecule has 2 N–H and O–H groups in total. The minimum Gasteiger partial charge on any atom is -0.353 e. The molecular weight excluding hydrogens is 374 g/mol. The highest BCUT2D eigenvalue weighted by Crippen LogP contribution is 2.47. The van der Waals surface area contributed by atoms with Crippen molar-refractivity contribution in [1.29, 1.82) is 0 Å². The number of benzene rings is 1. The van der Waals surface area contributed by atoms with Gasteiger partial charge in [-0.25, -0.2) is 4.63 Å². The molecule has 0 fully saturated rings. The van der Waals surface area contributed by atoms with Gasteiger partial charge in [-0.15, -0.1) is 0 Å². The molecule has 140 valence electrons. The van der Waals surface area contributed by atoms with Crippen molar-refractivity contribution >= 4 is 34.7 Å². The Kier molecular flexibility index (Phi) is 3.92. The van der Waals surface area contributed by atoms with Crippen LogP contribution >= 0.6 is 11.6 Å². The van der Waals surface area contributed by atoms with E-state index >= 15 is 0 Å². The number of allylic oxidation sites excluding steroid dienone is 1. The van der Waals surface area contributed by atoms with E-state index in [9.17, 15) is 14.9 Å². The molecule has 0 bridgehead atoms. The molecule has 2 aromatic rings. The molecule has 2 aliphatic rings. The van der Waals surface area contributed by atoms with Gasteiger partial charge in [0.1, 0.15) is 0 Å². The number of nitrogens with zero attached hydrogens (tertiary/aromatic N) is 3. The third-order valence-electron chi connectivity index (χ3n) is 4.76. The van der Waals surface area contributed by atoms with Gasteiger partial charge >= 0.3 is 0 Å². The zero-order valence-electron chi connectivity index (χ0n) is 14.6. The van der Waals surface area contributed by atoms with Crippen molar-refractivity contribution in [1.82, 2.24) is 10.3 Å². The van der Waals surface area contributed by atoms with E-state index in [-0.39, 0.29) is 33.3 Å². The van der Waals surface area contributed by atoms with Gasteiger partial charge in [0.15, 0.2) is 5.78 Å². The van der Waals surface area contributed by atoms with Crippen LogP contribution in [0.2, 0.25) is 5.02 Å². The fraction of sp³-hybridized carbons (Fsp3) is 0.353. The SMILES string of the molecule is CC1(C)CC(=O)C2=C(C1)Nc1nonc1NC2c1c(Cl)cccc1[N+](=O)[O-]. The average Bonchev–Trinajstić information content (AvgIpc) is 2.93. The summed E-state index contributed by atoms with van der Waals surface area (Å²) in [5, 5.41) is 25.6. The molecule has 0 radical (unpaired) electrons. The minimum absolute atomic E-state index is 0.109. The van der Waals surface area contributed by atoms with Crippen LogP contribution in [0.1, 0.15) is 38.3 Å². The molecule has 0 amide bonds. The largest absolute Gasteiger partial charge is 0.353 e. The van der Waals surface area contributed by atoms with Gasteiger partial charge < -0.3 is 10.6 Å². The number of nitro groups is 1. The van der Waals surface area contributed by atoms with Crippen LogP contribution in [0, 0.1) is 15.5 Å². The van der Waals surface area contributed by atoms with Gasteiger partial charge in [0, 0.05) is 23.8 Å². The van der Waals surface area contributed by atoms with Crippen LogP contribution in [0.3, 0.4) is 0 Å².